The molecular weight excluding hydrogens is 190 g/mol. The molecule has 0 bridgehead atoms. The van der Waals surface area contributed by atoms with Crippen molar-refractivity contribution in [3.63, 3.8) is 0 Å². The van der Waals surface area contributed by atoms with Gasteiger partial charge in [0.15, 0.2) is 5.82 Å². The summed E-state index contributed by atoms with van der Waals surface area (Å²) in [6.45, 7) is 6.01. The van der Waals surface area contributed by atoms with Crippen molar-refractivity contribution in [2.24, 2.45) is 0 Å². The van der Waals surface area contributed by atoms with Crippen LogP contribution in [0.4, 0.5) is 5.82 Å². The molecule has 2 aromatic rings. The van der Waals surface area contributed by atoms with E-state index in [1.54, 1.807) is 6.20 Å². The summed E-state index contributed by atoms with van der Waals surface area (Å²) >= 11 is 0. The normalized spacial score (nSPS) is 9.27. The Morgan fingerprint density at radius 3 is 2.73 bits per heavy atom. The van der Waals surface area contributed by atoms with Gasteiger partial charge in [0.2, 0.25) is 6.41 Å². The van der Waals surface area contributed by atoms with Gasteiger partial charge in [-0.3, -0.25) is 4.79 Å². The fraction of sp³-hybridized carbons (Fsp3) is 0.273. The van der Waals surface area contributed by atoms with E-state index in [1.807, 2.05) is 43.5 Å². The van der Waals surface area contributed by atoms with Crippen LogP contribution in [0.15, 0.2) is 24.5 Å². The molecule has 1 amide bonds. The number of rotatable bonds is 2. The van der Waals surface area contributed by atoms with E-state index >= 15 is 0 Å². The highest BCUT2D eigenvalue weighted by Crippen LogP contribution is 2.09. The number of nitrogens with one attached hydrogen (secondary N) is 1. The van der Waals surface area contributed by atoms with Crippen molar-refractivity contribution in [1.29, 1.82) is 0 Å². The lowest BCUT2D eigenvalue weighted by Crippen LogP contribution is -1.92. The van der Waals surface area contributed by atoms with Gasteiger partial charge in [0.05, 0.1) is 6.20 Å². The Kier molecular flexibility index (Phi) is 3.85. The van der Waals surface area contributed by atoms with Crippen molar-refractivity contribution >= 4 is 17.9 Å². The summed E-state index contributed by atoms with van der Waals surface area (Å²) in [5.41, 5.74) is 1.98. The maximum Gasteiger partial charge on any atom is 0.212 e. The van der Waals surface area contributed by atoms with Gasteiger partial charge in [-0.15, -0.1) is 0 Å². The van der Waals surface area contributed by atoms with E-state index in [0.29, 0.717) is 12.2 Å². The molecule has 4 nitrogen and oxygen atoms in total. The van der Waals surface area contributed by atoms with Gasteiger partial charge in [-0.1, -0.05) is 19.9 Å². The summed E-state index contributed by atoms with van der Waals surface area (Å²) in [4.78, 5) is 14.3. The second-order valence-corrected chi connectivity index (χ2v) is 2.86. The van der Waals surface area contributed by atoms with Crippen LogP contribution in [0.1, 0.15) is 19.4 Å². The van der Waals surface area contributed by atoms with Crippen LogP contribution in [-0.4, -0.2) is 15.8 Å². The molecule has 0 unspecified atom stereocenters. The van der Waals surface area contributed by atoms with Crippen LogP contribution in [0, 0.1) is 6.92 Å². The molecule has 2 heterocycles. The van der Waals surface area contributed by atoms with Crippen LogP contribution in [0.5, 0.6) is 0 Å². The number of hydrogen-bond acceptors (Lipinski definition) is 2. The van der Waals surface area contributed by atoms with Crippen LogP contribution >= 0.6 is 0 Å². The van der Waals surface area contributed by atoms with Gasteiger partial charge in [0.25, 0.3) is 0 Å². The summed E-state index contributed by atoms with van der Waals surface area (Å²) < 4.78 is 1.88. The average molecular weight is 205 g/mol. The predicted molar refractivity (Wildman–Crippen MR) is 61.0 cm³/mol. The quantitative estimate of drug-likeness (QED) is 0.764. The SMILES string of the molecule is CC.Cc1ccc2nc(NC=O)cn2c1. The molecule has 4 heteroatoms. The van der Waals surface area contributed by atoms with Crippen molar-refractivity contribution < 1.29 is 4.79 Å². The standard InChI is InChI=1S/C9H9N3O.C2H6/c1-7-2-3-9-11-8(10-6-13)5-12(9)4-7;1-2/h2-6H,1H3,(H,10,13);1-2H3. The van der Waals surface area contributed by atoms with Gasteiger partial charge in [-0.2, -0.15) is 0 Å². The minimum absolute atomic E-state index is 0.570. The summed E-state index contributed by atoms with van der Waals surface area (Å²) in [5, 5.41) is 2.50. The minimum atomic E-state index is 0.570. The number of aryl methyl sites for hydroxylation is 1. The Bertz CT molecular complexity index is 448. The van der Waals surface area contributed by atoms with E-state index in [9.17, 15) is 4.79 Å². The molecule has 0 radical (unpaired) electrons. The third-order valence-corrected chi connectivity index (χ3v) is 1.81. The second-order valence-electron chi connectivity index (χ2n) is 2.86. The number of pyridine rings is 1. The number of aromatic nitrogens is 2. The first kappa shape index (κ1) is 11.2. The second kappa shape index (κ2) is 5.14. The first-order valence-electron chi connectivity index (χ1n) is 4.95. The van der Waals surface area contributed by atoms with Gasteiger partial charge >= 0.3 is 0 Å². The smallest absolute Gasteiger partial charge is 0.212 e. The predicted octanol–water partition coefficient (Wildman–Crippen LogP) is 2.24. The maximum absolute atomic E-state index is 10.2. The molecule has 0 aliphatic carbocycles. The molecule has 15 heavy (non-hydrogen) atoms. The van der Waals surface area contributed by atoms with E-state index < -0.39 is 0 Å². The average Bonchev–Trinajstić information content (AvgIpc) is 2.63. The first-order chi connectivity index (χ1) is 7.29. The molecule has 2 rings (SSSR count). The molecule has 0 saturated heterocycles. The van der Waals surface area contributed by atoms with Gasteiger partial charge in [0.1, 0.15) is 5.65 Å². The summed E-state index contributed by atoms with van der Waals surface area (Å²) in [6.07, 6.45) is 4.35. The van der Waals surface area contributed by atoms with Crippen LogP contribution in [0.25, 0.3) is 5.65 Å². The van der Waals surface area contributed by atoms with Crippen LogP contribution < -0.4 is 5.32 Å². The summed E-state index contributed by atoms with van der Waals surface area (Å²) in [5.74, 6) is 0.570. The van der Waals surface area contributed by atoms with E-state index in [1.165, 1.54) is 0 Å². The van der Waals surface area contributed by atoms with Gasteiger partial charge in [-0.25, -0.2) is 4.98 Å². The highest BCUT2D eigenvalue weighted by molar-refractivity contribution is 5.69. The number of carbonyl (C=O) groups excluding carboxylic acids is 1. The van der Waals surface area contributed by atoms with Crippen molar-refractivity contribution in [3.8, 4) is 0 Å². The minimum Gasteiger partial charge on any atom is -0.312 e. The number of fused-ring (bicyclic) bond motifs is 1. The van der Waals surface area contributed by atoms with Crippen molar-refractivity contribution in [3.05, 3.63) is 30.1 Å². The monoisotopic (exact) mass is 205 g/mol. The maximum atomic E-state index is 10.2. The lowest BCUT2D eigenvalue weighted by atomic mass is 10.3. The zero-order valence-electron chi connectivity index (χ0n) is 9.19. The third-order valence-electron chi connectivity index (χ3n) is 1.81. The molecule has 2 aromatic heterocycles. The number of imidazole rings is 1. The lowest BCUT2D eigenvalue weighted by molar-refractivity contribution is -0.105. The van der Waals surface area contributed by atoms with Crippen molar-refractivity contribution in [2.45, 2.75) is 20.8 Å². The molecule has 0 saturated carbocycles. The fourth-order valence-corrected chi connectivity index (χ4v) is 1.23. The largest absolute Gasteiger partial charge is 0.312 e. The topological polar surface area (TPSA) is 46.4 Å². The van der Waals surface area contributed by atoms with Gasteiger partial charge in [0, 0.05) is 6.20 Å². The number of amides is 1. The van der Waals surface area contributed by atoms with Crippen LogP contribution in [0.3, 0.4) is 0 Å². The number of nitrogens with zero attached hydrogens (tertiary/aromatic N) is 2. The Morgan fingerprint density at radius 2 is 2.07 bits per heavy atom. The Balaban J connectivity index is 0.000000531. The highest BCUT2D eigenvalue weighted by atomic mass is 16.1. The number of anilines is 1. The molecule has 0 atom stereocenters. The molecular formula is C11H15N3O. The van der Waals surface area contributed by atoms with Crippen molar-refractivity contribution in [2.75, 3.05) is 5.32 Å². The molecule has 0 spiro atoms. The first-order valence-corrected chi connectivity index (χ1v) is 4.95. The Hall–Kier alpha value is -1.84. The number of carbonyl (C=O) groups is 1. The highest BCUT2D eigenvalue weighted by Gasteiger charge is 1.98. The molecule has 0 fully saturated rings. The number of hydrogen-bond donors (Lipinski definition) is 1. The van der Waals surface area contributed by atoms with Crippen LogP contribution in [0.2, 0.25) is 0 Å². The van der Waals surface area contributed by atoms with Gasteiger partial charge < -0.3 is 9.72 Å². The molecule has 0 aromatic carbocycles. The third kappa shape index (κ3) is 2.56. The van der Waals surface area contributed by atoms with E-state index in [2.05, 4.69) is 10.3 Å². The Labute approximate surface area is 88.9 Å². The summed E-state index contributed by atoms with van der Waals surface area (Å²) in [6, 6.07) is 3.89. The molecule has 1 N–H and O–H groups in total. The Morgan fingerprint density at radius 1 is 1.33 bits per heavy atom. The zero-order chi connectivity index (χ0) is 11.3. The van der Waals surface area contributed by atoms with E-state index in [4.69, 9.17) is 0 Å². The molecule has 0 aliphatic heterocycles. The van der Waals surface area contributed by atoms with E-state index in [0.717, 1.165) is 11.2 Å². The fourth-order valence-electron chi connectivity index (χ4n) is 1.23. The molecule has 80 valence electrons. The van der Waals surface area contributed by atoms with E-state index in [-0.39, 0.29) is 0 Å². The lowest BCUT2D eigenvalue weighted by Gasteiger charge is -1.92. The van der Waals surface area contributed by atoms with Crippen molar-refractivity contribution in [1.82, 2.24) is 9.38 Å². The van der Waals surface area contributed by atoms with Gasteiger partial charge in [-0.05, 0) is 18.6 Å². The molecule has 0 aliphatic rings. The zero-order valence-corrected chi connectivity index (χ0v) is 9.19. The summed E-state index contributed by atoms with van der Waals surface area (Å²) in [7, 11) is 0. The van der Waals surface area contributed by atoms with Crippen LogP contribution in [-0.2, 0) is 4.79 Å².